The predicted octanol–water partition coefficient (Wildman–Crippen LogP) is -1.53. The van der Waals surface area contributed by atoms with Gasteiger partial charge in [0.1, 0.15) is 0 Å². The molecule has 0 saturated heterocycles. The van der Waals surface area contributed by atoms with Gasteiger partial charge in [-0.1, -0.05) is 0 Å². The molecule has 0 heterocycles. The van der Waals surface area contributed by atoms with Crippen molar-refractivity contribution in [1.82, 2.24) is 0 Å². The second kappa shape index (κ2) is 5.98. The van der Waals surface area contributed by atoms with E-state index in [0.717, 1.165) is 17.6 Å². The van der Waals surface area contributed by atoms with Crippen LogP contribution in [0.1, 0.15) is 20.8 Å². The molecule has 0 aromatic heterocycles. The minimum absolute atomic E-state index is 0. The number of ether oxygens (including phenoxy) is 1. The third kappa shape index (κ3) is 3.54. The predicted molar refractivity (Wildman–Crippen MR) is 43.7 cm³/mol. The van der Waals surface area contributed by atoms with Crippen molar-refractivity contribution in [2.75, 3.05) is 27.2 Å². The van der Waals surface area contributed by atoms with Crippen molar-refractivity contribution in [3.05, 3.63) is 0 Å². The van der Waals surface area contributed by atoms with Crippen LogP contribution in [0.5, 0.6) is 0 Å². The average molecular weight is 226 g/mol. The molecule has 0 aromatic rings. The largest absolute Gasteiger partial charge is 1.00 e. The summed E-state index contributed by atoms with van der Waals surface area (Å²) in [6.45, 7) is 8.77. The first-order chi connectivity index (χ1) is 4.60. The SMILES string of the molecule is CC[N+](C)(CC)C(C)OC.[Br-]. The van der Waals surface area contributed by atoms with Crippen molar-refractivity contribution in [3.63, 3.8) is 0 Å². The van der Waals surface area contributed by atoms with Gasteiger partial charge in [-0.15, -0.1) is 0 Å². The molecule has 0 fully saturated rings. The molecule has 0 spiro atoms. The lowest BCUT2D eigenvalue weighted by Gasteiger charge is -2.36. The van der Waals surface area contributed by atoms with Crippen LogP contribution in [-0.2, 0) is 4.74 Å². The standard InChI is InChI=1S/C8H20NO.BrH/c1-6-9(4,7-2)8(3)10-5;/h8H,6-7H2,1-5H3;1H/q+1;/p-1. The van der Waals surface area contributed by atoms with Gasteiger partial charge in [-0.3, -0.25) is 0 Å². The van der Waals surface area contributed by atoms with Crippen LogP contribution in [-0.4, -0.2) is 38.0 Å². The Bertz CT molecular complexity index is 94.1. The van der Waals surface area contributed by atoms with Gasteiger partial charge >= 0.3 is 0 Å². The highest BCUT2D eigenvalue weighted by Gasteiger charge is 2.23. The quantitative estimate of drug-likeness (QED) is 0.417. The van der Waals surface area contributed by atoms with E-state index in [9.17, 15) is 0 Å². The molecule has 0 radical (unpaired) electrons. The van der Waals surface area contributed by atoms with E-state index in [1.165, 1.54) is 0 Å². The summed E-state index contributed by atoms with van der Waals surface area (Å²) in [6, 6.07) is 0. The Morgan fingerprint density at radius 1 is 1.27 bits per heavy atom. The maximum Gasteiger partial charge on any atom is 0.189 e. The Kier molecular flexibility index (Phi) is 7.58. The molecule has 11 heavy (non-hydrogen) atoms. The summed E-state index contributed by atoms with van der Waals surface area (Å²) in [5, 5.41) is 0. The number of methoxy groups -OCH3 is 1. The lowest BCUT2D eigenvalue weighted by atomic mass is 10.4. The zero-order chi connectivity index (χ0) is 8.20. The fourth-order valence-electron chi connectivity index (χ4n) is 0.992. The van der Waals surface area contributed by atoms with E-state index in [1.54, 1.807) is 7.11 Å². The summed E-state index contributed by atoms with van der Waals surface area (Å²) in [5.74, 6) is 0. The molecule has 0 saturated carbocycles. The third-order valence-corrected chi connectivity index (χ3v) is 2.66. The van der Waals surface area contributed by atoms with Gasteiger partial charge in [0.15, 0.2) is 6.23 Å². The van der Waals surface area contributed by atoms with E-state index in [4.69, 9.17) is 4.74 Å². The van der Waals surface area contributed by atoms with Crippen LogP contribution >= 0.6 is 0 Å². The minimum Gasteiger partial charge on any atom is -1.00 e. The molecule has 0 aliphatic heterocycles. The molecule has 2 nitrogen and oxygen atoms in total. The second-order valence-corrected chi connectivity index (χ2v) is 2.95. The van der Waals surface area contributed by atoms with Crippen molar-refractivity contribution >= 4 is 0 Å². The molecule has 70 valence electrons. The van der Waals surface area contributed by atoms with Crippen LogP contribution in [0.25, 0.3) is 0 Å². The van der Waals surface area contributed by atoms with Crippen LogP contribution < -0.4 is 17.0 Å². The Hall–Kier alpha value is 0.400. The van der Waals surface area contributed by atoms with E-state index in [0.29, 0.717) is 6.23 Å². The molecule has 0 rings (SSSR count). The zero-order valence-electron chi connectivity index (χ0n) is 8.22. The Balaban J connectivity index is 0. The molecule has 0 N–H and O–H groups in total. The molecule has 3 heteroatoms. The van der Waals surface area contributed by atoms with Gasteiger partial charge in [0.25, 0.3) is 0 Å². The molecule has 0 bridgehead atoms. The number of rotatable bonds is 4. The number of hydrogen-bond acceptors (Lipinski definition) is 1. The number of hydrogen-bond donors (Lipinski definition) is 0. The summed E-state index contributed by atoms with van der Waals surface area (Å²) in [7, 11) is 3.99. The second-order valence-electron chi connectivity index (χ2n) is 2.95. The first-order valence-corrected chi connectivity index (χ1v) is 3.97. The van der Waals surface area contributed by atoms with Crippen molar-refractivity contribution in [3.8, 4) is 0 Å². The van der Waals surface area contributed by atoms with Gasteiger partial charge in [0, 0.05) is 14.0 Å². The topological polar surface area (TPSA) is 9.23 Å². The van der Waals surface area contributed by atoms with Gasteiger partial charge in [0.05, 0.1) is 20.1 Å². The number of halogens is 1. The van der Waals surface area contributed by atoms with Crippen LogP contribution in [0.4, 0.5) is 0 Å². The molecule has 1 atom stereocenters. The van der Waals surface area contributed by atoms with E-state index in [-0.39, 0.29) is 17.0 Å². The third-order valence-electron chi connectivity index (χ3n) is 2.66. The Morgan fingerprint density at radius 2 is 1.64 bits per heavy atom. The van der Waals surface area contributed by atoms with Crippen molar-refractivity contribution in [2.45, 2.75) is 27.0 Å². The molecular formula is C8H20BrNO. The van der Waals surface area contributed by atoms with Crippen molar-refractivity contribution in [1.29, 1.82) is 0 Å². The van der Waals surface area contributed by atoms with Gasteiger partial charge in [-0.2, -0.15) is 0 Å². The fourth-order valence-corrected chi connectivity index (χ4v) is 0.992. The van der Waals surface area contributed by atoms with Gasteiger partial charge < -0.3 is 26.2 Å². The number of nitrogens with zero attached hydrogens (tertiary/aromatic N) is 1. The highest BCUT2D eigenvalue weighted by atomic mass is 79.9. The van der Waals surface area contributed by atoms with Crippen LogP contribution in [0.15, 0.2) is 0 Å². The minimum atomic E-state index is 0. The molecule has 0 amide bonds. The molecule has 0 aromatic carbocycles. The molecular weight excluding hydrogens is 206 g/mol. The summed E-state index contributed by atoms with van der Waals surface area (Å²) in [6.07, 6.45) is 0.315. The monoisotopic (exact) mass is 225 g/mol. The lowest BCUT2D eigenvalue weighted by Crippen LogP contribution is -3.00. The fraction of sp³-hybridized carbons (Fsp3) is 1.00. The van der Waals surface area contributed by atoms with E-state index >= 15 is 0 Å². The summed E-state index contributed by atoms with van der Waals surface area (Å²) < 4.78 is 6.27. The zero-order valence-corrected chi connectivity index (χ0v) is 9.81. The van der Waals surface area contributed by atoms with E-state index < -0.39 is 0 Å². The lowest BCUT2D eigenvalue weighted by molar-refractivity contribution is -0.949. The van der Waals surface area contributed by atoms with Gasteiger partial charge in [-0.05, 0) is 13.8 Å². The van der Waals surface area contributed by atoms with E-state index in [2.05, 4.69) is 27.8 Å². The van der Waals surface area contributed by atoms with Crippen LogP contribution in [0.2, 0.25) is 0 Å². The summed E-state index contributed by atoms with van der Waals surface area (Å²) in [4.78, 5) is 0. The van der Waals surface area contributed by atoms with Crippen molar-refractivity contribution in [2.24, 2.45) is 0 Å². The summed E-state index contributed by atoms with van der Waals surface area (Å²) >= 11 is 0. The van der Waals surface area contributed by atoms with Gasteiger partial charge in [-0.25, -0.2) is 0 Å². The molecule has 0 aliphatic carbocycles. The summed E-state index contributed by atoms with van der Waals surface area (Å²) in [5.41, 5.74) is 0. The van der Waals surface area contributed by atoms with E-state index in [1.807, 2.05) is 0 Å². The first kappa shape index (κ1) is 14.0. The molecule has 0 aliphatic rings. The van der Waals surface area contributed by atoms with Crippen LogP contribution in [0.3, 0.4) is 0 Å². The highest BCUT2D eigenvalue weighted by molar-refractivity contribution is 4.34. The molecule has 1 unspecified atom stereocenters. The normalized spacial score (nSPS) is 13.9. The maximum atomic E-state index is 5.27. The Labute approximate surface area is 80.9 Å². The highest BCUT2D eigenvalue weighted by Crippen LogP contribution is 2.08. The van der Waals surface area contributed by atoms with Gasteiger partial charge in [0.2, 0.25) is 0 Å². The van der Waals surface area contributed by atoms with Crippen LogP contribution in [0, 0.1) is 0 Å². The number of quaternary nitrogens is 1. The average Bonchev–Trinajstić information content (AvgIpc) is 2.01. The van der Waals surface area contributed by atoms with Crippen molar-refractivity contribution < 1.29 is 26.2 Å². The Morgan fingerprint density at radius 3 is 1.73 bits per heavy atom. The first-order valence-electron chi connectivity index (χ1n) is 3.97. The smallest absolute Gasteiger partial charge is 0.189 e. The maximum absolute atomic E-state index is 5.27.